The molecule has 9 heteroatoms. The molecule has 32 heavy (non-hydrogen) atoms. The van der Waals surface area contributed by atoms with E-state index in [0.717, 1.165) is 5.56 Å². The van der Waals surface area contributed by atoms with Crippen molar-refractivity contribution in [2.75, 3.05) is 40.8 Å². The number of ether oxygens (including phenoxy) is 5. The van der Waals surface area contributed by atoms with E-state index in [-0.39, 0.29) is 36.8 Å². The second-order valence-corrected chi connectivity index (χ2v) is 7.87. The topological polar surface area (TPSA) is 93.4 Å². The number of thioether (sulfide) groups is 1. The SMILES string of the molecule is CCOC(=O)c1oc(SC)cc1C1C(C(=O)OCC)C1c1cc(OC)c(OC)c(OC)c1. The monoisotopic (exact) mass is 464 g/mol. The first-order chi connectivity index (χ1) is 15.4. The van der Waals surface area contributed by atoms with Crippen LogP contribution >= 0.6 is 11.8 Å². The molecule has 2 aromatic rings. The molecule has 1 saturated carbocycles. The molecule has 0 amide bonds. The Labute approximate surface area is 191 Å². The van der Waals surface area contributed by atoms with Crippen LogP contribution in [-0.4, -0.2) is 52.7 Å². The maximum Gasteiger partial charge on any atom is 0.374 e. The molecule has 1 heterocycles. The molecule has 0 spiro atoms. The molecule has 1 fully saturated rings. The Morgan fingerprint density at radius 2 is 1.56 bits per heavy atom. The highest BCUT2D eigenvalue weighted by molar-refractivity contribution is 7.98. The summed E-state index contributed by atoms with van der Waals surface area (Å²) in [5.74, 6) is -0.411. The first-order valence-electron chi connectivity index (χ1n) is 10.3. The Bertz CT molecular complexity index is 957. The van der Waals surface area contributed by atoms with E-state index in [1.54, 1.807) is 19.9 Å². The predicted octanol–water partition coefficient (Wildman–Crippen LogP) is 4.26. The van der Waals surface area contributed by atoms with E-state index < -0.39 is 11.9 Å². The smallest absolute Gasteiger partial charge is 0.374 e. The van der Waals surface area contributed by atoms with E-state index in [1.807, 2.05) is 18.4 Å². The highest BCUT2D eigenvalue weighted by Crippen LogP contribution is 2.63. The number of carbonyl (C=O) groups is 2. The minimum absolute atomic E-state index is 0.116. The van der Waals surface area contributed by atoms with Gasteiger partial charge in [-0.2, -0.15) is 0 Å². The fourth-order valence-corrected chi connectivity index (χ4v) is 4.44. The van der Waals surface area contributed by atoms with Gasteiger partial charge in [0.15, 0.2) is 16.6 Å². The van der Waals surface area contributed by atoms with Gasteiger partial charge < -0.3 is 28.1 Å². The summed E-state index contributed by atoms with van der Waals surface area (Å²) in [6.45, 7) is 3.97. The number of hydrogen-bond acceptors (Lipinski definition) is 9. The molecular weight excluding hydrogens is 436 g/mol. The molecule has 1 aromatic carbocycles. The zero-order chi connectivity index (χ0) is 23.4. The van der Waals surface area contributed by atoms with Gasteiger partial charge in [0.25, 0.3) is 0 Å². The first kappa shape index (κ1) is 23.8. The van der Waals surface area contributed by atoms with Crippen molar-refractivity contribution in [1.82, 2.24) is 0 Å². The highest BCUT2D eigenvalue weighted by Gasteiger charge is 2.59. The Morgan fingerprint density at radius 3 is 2.06 bits per heavy atom. The molecule has 174 valence electrons. The van der Waals surface area contributed by atoms with Crippen LogP contribution in [0.15, 0.2) is 27.7 Å². The first-order valence-corrected chi connectivity index (χ1v) is 11.5. The number of methoxy groups -OCH3 is 3. The fourth-order valence-electron chi connectivity index (χ4n) is 4.02. The summed E-state index contributed by atoms with van der Waals surface area (Å²) in [6, 6.07) is 5.43. The van der Waals surface area contributed by atoms with Gasteiger partial charge in [-0.15, -0.1) is 0 Å². The summed E-state index contributed by atoms with van der Waals surface area (Å²) in [5.41, 5.74) is 1.44. The molecule has 1 aromatic heterocycles. The van der Waals surface area contributed by atoms with E-state index in [0.29, 0.717) is 27.9 Å². The van der Waals surface area contributed by atoms with Gasteiger partial charge in [0.2, 0.25) is 11.5 Å². The molecule has 3 unspecified atom stereocenters. The van der Waals surface area contributed by atoms with E-state index in [9.17, 15) is 9.59 Å². The second kappa shape index (κ2) is 10.2. The lowest BCUT2D eigenvalue weighted by Gasteiger charge is -2.14. The molecule has 1 aliphatic rings. The van der Waals surface area contributed by atoms with Gasteiger partial charge in [-0.1, -0.05) is 11.8 Å². The van der Waals surface area contributed by atoms with Crippen molar-refractivity contribution >= 4 is 23.7 Å². The predicted molar refractivity (Wildman–Crippen MR) is 118 cm³/mol. The number of rotatable bonds is 10. The average molecular weight is 465 g/mol. The molecule has 0 aliphatic heterocycles. The maximum atomic E-state index is 12.8. The van der Waals surface area contributed by atoms with Gasteiger partial charge in [-0.05, 0) is 43.9 Å². The summed E-state index contributed by atoms with van der Waals surface area (Å²) in [7, 11) is 4.60. The average Bonchev–Trinajstić information content (AvgIpc) is 3.40. The quantitative estimate of drug-likeness (QED) is 0.377. The highest BCUT2D eigenvalue weighted by atomic mass is 32.2. The van der Waals surface area contributed by atoms with Gasteiger partial charge >= 0.3 is 11.9 Å². The van der Waals surface area contributed by atoms with E-state index in [4.69, 9.17) is 28.1 Å². The van der Waals surface area contributed by atoms with Crippen LogP contribution in [0.1, 0.15) is 47.4 Å². The molecule has 0 bridgehead atoms. The molecule has 8 nitrogen and oxygen atoms in total. The molecular formula is C23H28O8S. The molecule has 0 saturated heterocycles. The van der Waals surface area contributed by atoms with Crippen LogP contribution in [0.5, 0.6) is 17.2 Å². The lowest BCUT2D eigenvalue weighted by atomic mass is 10.0. The van der Waals surface area contributed by atoms with Crippen LogP contribution in [0.4, 0.5) is 0 Å². The number of furan rings is 1. The van der Waals surface area contributed by atoms with Crippen molar-refractivity contribution in [3.05, 3.63) is 35.1 Å². The van der Waals surface area contributed by atoms with Crippen LogP contribution in [0, 0.1) is 5.92 Å². The summed E-state index contributed by atoms with van der Waals surface area (Å²) < 4.78 is 32.6. The van der Waals surface area contributed by atoms with Gasteiger partial charge in [0.1, 0.15) is 0 Å². The Hall–Kier alpha value is -2.81. The van der Waals surface area contributed by atoms with Crippen molar-refractivity contribution in [3.63, 3.8) is 0 Å². The van der Waals surface area contributed by atoms with Gasteiger partial charge in [-0.25, -0.2) is 4.79 Å². The normalized spacial score (nSPS) is 19.2. The van der Waals surface area contributed by atoms with E-state index in [2.05, 4.69) is 0 Å². The molecule has 0 N–H and O–H groups in total. The summed E-state index contributed by atoms with van der Waals surface area (Å²) in [6.07, 6.45) is 1.85. The van der Waals surface area contributed by atoms with Crippen LogP contribution < -0.4 is 14.2 Å². The molecule has 1 aliphatic carbocycles. The zero-order valence-electron chi connectivity index (χ0n) is 19.1. The largest absolute Gasteiger partial charge is 0.493 e. The number of esters is 2. The third kappa shape index (κ3) is 4.39. The number of benzene rings is 1. The number of carbonyl (C=O) groups excluding carboxylic acids is 2. The fraction of sp³-hybridized carbons (Fsp3) is 0.478. The minimum Gasteiger partial charge on any atom is -0.493 e. The molecule has 3 rings (SSSR count). The second-order valence-electron chi connectivity index (χ2n) is 7.06. The van der Waals surface area contributed by atoms with E-state index in [1.165, 1.54) is 33.1 Å². The summed E-state index contributed by atoms with van der Waals surface area (Å²) in [5, 5.41) is 0.571. The van der Waals surface area contributed by atoms with Crippen molar-refractivity contribution in [2.45, 2.75) is 30.8 Å². The van der Waals surface area contributed by atoms with E-state index >= 15 is 0 Å². The van der Waals surface area contributed by atoms with Crippen LogP contribution in [-0.2, 0) is 14.3 Å². The summed E-state index contributed by atoms with van der Waals surface area (Å²) in [4.78, 5) is 25.4. The van der Waals surface area contributed by atoms with Gasteiger partial charge in [-0.3, -0.25) is 4.79 Å². The Morgan fingerprint density at radius 1 is 0.938 bits per heavy atom. The van der Waals surface area contributed by atoms with Crippen molar-refractivity contribution in [1.29, 1.82) is 0 Å². The molecule has 3 atom stereocenters. The van der Waals surface area contributed by atoms with Crippen molar-refractivity contribution < 1.29 is 37.7 Å². The summed E-state index contributed by atoms with van der Waals surface area (Å²) >= 11 is 1.37. The lowest BCUT2D eigenvalue weighted by molar-refractivity contribution is -0.144. The number of hydrogen-bond donors (Lipinski definition) is 0. The zero-order valence-corrected chi connectivity index (χ0v) is 19.9. The van der Waals surface area contributed by atoms with Gasteiger partial charge in [0.05, 0.1) is 40.5 Å². The van der Waals surface area contributed by atoms with Crippen LogP contribution in [0.2, 0.25) is 0 Å². The molecule has 0 radical (unpaired) electrons. The van der Waals surface area contributed by atoms with Gasteiger partial charge in [0, 0.05) is 17.4 Å². The third-order valence-electron chi connectivity index (χ3n) is 5.41. The van der Waals surface area contributed by atoms with Crippen molar-refractivity contribution in [3.8, 4) is 17.2 Å². The third-order valence-corrected chi connectivity index (χ3v) is 6.01. The maximum absolute atomic E-state index is 12.8. The minimum atomic E-state index is -0.555. The van der Waals surface area contributed by atoms with Crippen LogP contribution in [0.25, 0.3) is 0 Å². The standard InChI is InChI=1S/C23H28O8S/c1-7-29-22(24)19-17(12-9-14(26-3)21(28-5)15(10-12)27-4)18(19)13-11-16(32-6)31-20(13)23(25)30-8-2/h9-11,17-19H,7-8H2,1-6H3. The lowest BCUT2D eigenvalue weighted by Crippen LogP contribution is -2.09. The Kier molecular flexibility index (Phi) is 7.60. The van der Waals surface area contributed by atoms with Crippen LogP contribution in [0.3, 0.4) is 0 Å². The van der Waals surface area contributed by atoms with Crippen molar-refractivity contribution in [2.24, 2.45) is 5.92 Å². The Balaban J connectivity index is 2.10.